The lowest BCUT2D eigenvalue weighted by atomic mass is 10.1. The van der Waals surface area contributed by atoms with Gasteiger partial charge in [-0.25, -0.2) is 0 Å². The van der Waals surface area contributed by atoms with E-state index in [2.05, 4.69) is 4.90 Å². The Morgan fingerprint density at radius 1 is 1.41 bits per heavy atom. The van der Waals surface area contributed by atoms with Crippen molar-refractivity contribution in [2.24, 2.45) is 0 Å². The summed E-state index contributed by atoms with van der Waals surface area (Å²) >= 11 is 0. The van der Waals surface area contributed by atoms with Crippen molar-refractivity contribution in [1.82, 2.24) is 4.90 Å². The number of benzene rings is 1. The first-order valence-electron chi connectivity index (χ1n) is 5.75. The Morgan fingerprint density at radius 2 is 2.18 bits per heavy atom. The Balaban J connectivity index is 2.07. The predicted octanol–water partition coefficient (Wildman–Crippen LogP) is 1.34. The number of ether oxygens (including phenoxy) is 2. The molecule has 1 aromatic carbocycles. The minimum atomic E-state index is 0.609. The van der Waals surface area contributed by atoms with E-state index in [-0.39, 0.29) is 0 Å². The summed E-state index contributed by atoms with van der Waals surface area (Å²) in [7, 11) is 1.57. The Hall–Kier alpha value is -1.39. The van der Waals surface area contributed by atoms with E-state index in [4.69, 9.17) is 9.47 Å². The van der Waals surface area contributed by atoms with E-state index in [0.29, 0.717) is 11.3 Å². The Kier molecular flexibility index (Phi) is 4.12. The van der Waals surface area contributed by atoms with Crippen molar-refractivity contribution in [3.05, 3.63) is 29.3 Å². The topological polar surface area (TPSA) is 38.8 Å². The monoisotopic (exact) mass is 235 g/mol. The molecule has 0 atom stereocenters. The third kappa shape index (κ3) is 3.05. The molecule has 92 valence electrons. The van der Waals surface area contributed by atoms with E-state index in [0.717, 1.165) is 44.7 Å². The first-order chi connectivity index (χ1) is 8.33. The Labute approximate surface area is 101 Å². The second-order valence-electron chi connectivity index (χ2n) is 4.08. The summed E-state index contributed by atoms with van der Waals surface area (Å²) < 4.78 is 10.4. The fraction of sp³-hybridized carbons (Fsp3) is 0.462. The largest absolute Gasteiger partial charge is 0.496 e. The summed E-state index contributed by atoms with van der Waals surface area (Å²) in [6, 6.07) is 5.74. The molecule has 1 aliphatic rings. The van der Waals surface area contributed by atoms with Crippen LogP contribution in [0.4, 0.5) is 0 Å². The molecule has 0 amide bonds. The van der Waals surface area contributed by atoms with Crippen molar-refractivity contribution in [1.29, 1.82) is 0 Å². The molecular weight excluding hydrogens is 218 g/mol. The number of nitrogens with zero attached hydrogens (tertiary/aromatic N) is 1. The summed E-state index contributed by atoms with van der Waals surface area (Å²) in [5.74, 6) is 0.630. The summed E-state index contributed by atoms with van der Waals surface area (Å²) in [6.07, 6.45) is 0.835. The number of carbonyl (C=O) groups is 1. The molecule has 0 aliphatic carbocycles. The fourth-order valence-electron chi connectivity index (χ4n) is 1.99. The van der Waals surface area contributed by atoms with Gasteiger partial charge in [-0.3, -0.25) is 9.69 Å². The van der Waals surface area contributed by atoms with Crippen molar-refractivity contribution in [3.63, 3.8) is 0 Å². The van der Waals surface area contributed by atoms with Gasteiger partial charge in [0.15, 0.2) is 6.29 Å². The molecular formula is C13H17NO3. The summed E-state index contributed by atoms with van der Waals surface area (Å²) in [5.41, 5.74) is 1.74. The highest BCUT2D eigenvalue weighted by Crippen LogP contribution is 2.19. The van der Waals surface area contributed by atoms with Crippen LogP contribution in [0.15, 0.2) is 18.2 Å². The van der Waals surface area contributed by atoms with Crippen LogP contribution in [0, 0.1) is 0 Å². The van der Waals surface area contributed by atoms with E-state index >= 15 is 0 Å². The zero-order valence-corrected chi connectivity index (χ0v) is 10.0. The van der Waals surface area contributed by atoms with Crippen LogP contribution in [0.2, 0.25) is 0 Å². The van der Waals surface area contributed by atoms with Crippen LogP contribution in [-0.2, 0) is 11.3 Å². The van der Waals surface area contributed by atoms with Crippen LogP contribution in [-0.4, -0.2) is 44.6 Å². The number of aldehydes is 1. The lowest BCUT2D eigenvalue weighted by Crippen LogP contribution is -2.35. The van der Waals surface area contributed by atoms with Crippen molar-refractivity contribution in [2.45, 2.75) is 6.54 Å². The molecule has 0 N–H and O–H groups in total. The molecule has 1 heterocycles. The SMILES string of the molecule is COc1ccc(CN2CCOCC2)cc1C=O. The van der Waals surface area contributed by atoms with Gasteiger partial charge in [-0.05, 0) is 17.7 Å². The van der Waals surface area contributed by atoms with E-state index in [1.165, 1.54) is 0 Å². The lowest BCUT2D eigenvalue weighted by molar-refractivity contribution is 0.0342. The molecule has 1 aromatic rings. The number of morpholine rings is 1. The number of carbonyl (C=O) groups excluding carboxylic acids is 1. The maximum absolute atomic E-state index is 10.9. The van der Waals surface area contributed by atoms with Crippen LogP contribution in [0.3, 0.4) is 0 Å². The average molecular weight is 235 g/mol. The number of hydrogen-bond acceptors (Lipinski definition) is 4. The fourth-order valence-corrected chi connectivity index (χ4v) is 1.99. The van der Waals surface area contributed by atoms with Crippen molar-refractivity contribution >= 4 is 6.29 Å². The van der Waals surface area contributed by atoms with E-state index in [9.17, 15) is 4.79 Å². The Bertz CT molecular complexity index is 386. The summed E-state index contributed by atoms with van der Waals surface area (Å²) in [5, 5.41) is 0. The first kappa shape index (κ1) is 12.1. The summed E-state index contributed by atoms with van der Waals surface area (Å²) in [4.78, 5) is 13.2. The molecule has 1 fully saturated rings. The van der Waals surface area contributed by atoms with E-state index in [1.54, 1.807) is 7.11 Å². The van der Waals surface area contributed by atoms with Gasteiger partial charge in [0, 0.05) is 19.6 Å². The molecule has 0 saturated carbocycles. The van der Waals surface area contributed by atoms with Crippen molar-refractivity contribution in [3.8, 4) is 5.75 Å². The number of hydrogen-bond donors (Lipinski definition) is 0. The number of rotatable bonds is 4. The zero-order chi connectivity index (χ0) is 12.1. The highest BCUT2D eigenvalue weighted by molar-refractivity contribution is 5.79. The van der Waals surface area contributed by atoms with Gasteiger partial charge in [0.25, 0.3) is 0 Å². The van der Waals surface area contributed by atoms with Crippen LogP contribution in [0.5, 0.6) is 5.75 Å². The molecule has 2 rings (SSSR count). The van der Waals surface area contributed by atoms with Gasteiger partial charge in [-0.2, -0.15) is 0 Å². The highest BCUT2D eigenvalue weighted by Gasteiger charge is 2.11. The highest BCUT2D eigenvalue weighted by atomic mass is 16.5. The van der Waals surface area contributed by atoms with Gasteiger partial charge in [-0.15, -0.1) is 0 Å². The van der Waals surface area contributed by atoms with E-state index < -0.39 is 0 Å². The predicted molar refractivity (Wildman–Crippen MR) is 64.5 cm³/mol. The van der Waals surface area contributed by atoms with Crippen LogP contribution in [0.1, 0.15) is 15.9 Å². The minimum absolute atomic E-state index is 0.609. The second kappa shape index (κ2) is 5.80. The third-order valence-electron chi connectivity index (χ3n) is 2.93. The quantitative estimate of drug-likeness (QED) is 0.738. The number of methoxy groups -OCH3 is 1. The molecule has 1 saturated heterocycles. The van der Waals surface area contributed by atoms with Gasteiger partial charge in [0.1, 0.15) is 5.75 Å². The first-order valence-corrected chi connectivity index (χ1v) is 5.75. The smallest absolute Gasteiger partial charge is 0.153 e. The molecule has 0 spiro atoms. The minimum Gasteiger partial charge on any atom is -0.496 e. The molecule has 17 heavy (non-hydrogen) atoms. The summed E-state index contributed by atoms with van der Waals surface area (Å²) in [6.45, 7) is 4.33. The zero-order valence-electron chi connectivity index (χ0n) is 10.0. The van der Waals surface area contributed by atoms with E-state index in [1.807, 2.05) is 18.2 Å². The molecule has 0 radical (unpaired) electrons. The molecule has 1 aliphatic heterocycles. The van der Waals surface area contributed by atoms with Gasteiger partial charge in [0.05, 0.1) is 25.9 Å². The molecule has 0 aromatic heterocycles. The molecule has 4 nitrogen and oxygen atoms in total. The third-order valence-corrected chi connectivity index (χ3v) is 2.93. The van der Waals surface area contributed by atoms with Crippen LogP contribution < -0.4 is 4.74 Å². The van der Waals surface area contributed by atoms with Gasteiger partial charge in [-0.1, -0.05) is 6.07 Å². The maximum Gasteiger partial charge on any atom is 0.153 e. The second-order valence-corrected chi connectivity index (χ2v) is 4.08. The van der Waals surface area contributed by atoms with Crippen LogP contribution in [0.25, 0.3) is 0 Å². The van der Waals surface area contributed by atoms with Crippen LogP contribution >= 0.6 is 0 Å². The normalized spacial score (nSPS) is 16.8. The molecule has 0 bridgehead atoms. The average Bonchev–Trinajstić information content (AvgIpc) is 2.40. The molecule has 4 heteroatoms. The van der Waals surface area contributed by atoms with Gasteiger partial charge >= 0.3 is 0 Å². The van der Waals surface area contributed by atoms with Gasteiger partial charge < -0.3 is 9.47 Å². The van der Waals surface area contributed by atoms with Crippen molar-refractivity contribution < 1.29 is 14.3 Å². The molecule has 0 unspecified atom stereocenters. The Morgan fingerprint density at radius 3 is 2.82 bits per heavy atom. The van der Waals surface area contributed by atoms with Crippen molar-refractivity contribution in [2.75, 3.05) is 33.4 Å². The maximum atomic E-state index is 10.9. The van der Waals surface area contributed by atoms with Gasteiger partial charge in [0.2, 0.25) is 0 Å². The lowest BCUT2D eigenvalue weighted by Gasteiger charge is -2.26. The standard InChI is InChI=1S/C13H17NO3/c1-16-13-3-2-11(8-12(13)10-15)9-14-4-6-17-7-5-14/h2-3,8,10H,4-7,9H2,1H3.